The summed E-state index contributed by atoms with van der Waals surface area (Å²) in [6, 6.07) is 9.89. The maximum absolute atomic E-state index is 10.4. The van der Waals surface area contributed by atoms with E-state index in [-0.39, 0.29) is 17.9 Å². The Labute approximate surface area is 156 Å². The van der Waals surface area contributed by atoms with E-state index in [2.05, 4.69) is 31.0 Å². The SMILES string of the molecule is Oc1cc(C2C=NN=N2)ccc1-c1ccc(OC2C[C@H]3CC[C@@H](C2)N3)nn1. The molecule has 0 radical (unpaired) electrons. The molecule has 2 saturated heterocycles. The number of benzene rings is 1. The topological polar surface area (TPSA) is 104 Å². The summed E-state index contributed by atoms with van der Waals surface area (Å²) in [6.45, 7) is 0. The molecule has 1 aromatic carbocycles. The zero-order valence-corrected chi connectivity index (χ0v) is 14.7. The van der Waals surface area contributed by atoms with Crippen LogP contribution in [0.1, 0.15) is 37.3 Å². The minimum Gasteiger partial charge on any atom is -0.507 e. The largest absolute Gasteiger partial charge is 0.507 e. The summed E-state index contributed by atoms with van der Waals surface area (Å²) in [5.74, 6) is 0.657. The van der Waals surface area contributed by atoms with Gasteiger partial charge in [-0.1, -0.05) is 6.07 Å². The van der Waals surface area contributed by atoms with Crippen LogP contribution in [0.3, 0.4) is 0 Å². The van der Waals surface area contributed by atoms with Crippen molar-refractivity contribution in [2.45, 2.75) is 49.9 Å². The third kappa shape index (κ3) is 3.28. The van der Waals surface area contributed by atoms with Crippen molar-refractivity contribution in [1.29, 1.82) is 0 Å². The van der Waals surface area contributed by atoms with Crippen LogP contribution >= 0.6 is 0 Å². The second-order valence-corrected chi connectivity index (χ2v) is 7.30. The quantitative estimate of drug-likeness (QED) is 0.868. The van der Waals surface area contributed by atoms with E-state index in [1.165, 1.54) is 12.8 Å². The lowest BCUT2D eigenvalue weighted by atomic mass is 10.0. The molecule has 0 spiro atoms. The Kier molecular flexibility index (Phi) is 4.05. The number of piperidine rings is 1. The number of fused-ring (bicyclic) bond motifs is 2. The van der Waals surface area contributed by atoms with E-state index in [0.29, 0.717) is 29.2 Å². The molecule has 138 valence electrons. The van der Waals surface area contributed by atoms with Gasteiger partial charge < -0.3 is 15.2 Å². The van der Waals surface area contributed by atoms with E-state index in [1.54, 1.807) is 18.3 Å². The molecule has 0 saturated carbocycles. The predicted octanol–water partition coefficient (Wildman–Crippen LogP) is 3.00. The Morgan fingerprint density at radius 1 is 1.04 bits per heavy atom. The van der Waals surface area contributed by atoms with Crippen LogP contribution in [-0.2, 0) is 0 Å². The van der Waals surface area contributed by atoms with Crippen molar-refractivity contribution in [3.63, 3.8) is 0 Å². The molecule has 8 heteroatoms. The highest BCUT2D eigenvalue weighted by atomic mass is 16.5. The van der Waals surface area contributed by atoms with Crippen LogP contribution in [0.2, 0.25) is 0 Å². The van der Waals surface area contributed by atoms with E-state index < -0.39 is 0 Å². The van der Waals surface area contributed by atoms with E-state index in [1.807, 2.05) is 18.2 Å². The molecule has 2 bridgehead atoms. The fourth-order valence-electron chi connectivity index (χ4n) is 4.11. The average molecular weight is 364 g/mol. The summed E-state index contributed by atoms with van der Waals surface area (Å²) in [4.78, 5) is 0. The fourth-order valence-corrected chi connectivity index (χ4v) is 4.11. The van der Waals surface area contributed by atoms with Gasteiger partial charge in [0.05, 0.1) is 11.9 Å². The number of rotatable bonds is 4. The van der Waals surface area contributed by atoms with Crippen molar-refractivity contribution in [1.82, 2.24) is 15.5 Å². The fraction of sp³-hybridized carbons (Fsp3) is 0.421. The Morgan fingerprint density at radius 2 is 1.89 bits per heavy atom. The summed E-state index contributed by atoms with van der Waals surface area (Å²) in [7, 11) is 0. The molecule has 3 aliphatic rings. The van der Waals surface area contributed by atoms with E-state index >= 15 is 0 Å². The van der Waals surface area contributed by atoms with Crippen molar-refractivity contribution < 1.29 is 9.84 Å². The van der Waals surface area contributed by atoms with Crippen LogP contribution in [0.25, 0.3) is 11.3 Å². The van der Waals surface area contributed by atoms with Crippen molar-refractivity contribution in [3.8, 4) is 22.9 Å². The van der Waals surface area contributed by atoms with E-state index in [4.69, 9.17) is 4.74 Å². The molecule has 3 aliphatic heterocycles. The van der Waals surface area contributed by atoms with E-state index in [9.17, 15) is 5.11 Å². The highest BCUT2D eigenvalue weighted by molar-refractivity contribution is 5.72. The number of ether oxygens (including phenoxy) is 1. The van der Waals surface area contributed by atoms with Gasteiger partial charge in [0.25, 0.3) is 0 Å². The molecule has 4 heterocycles. The molecule has 0 aliphatic carbocycles. The van der Waals surface area contributed by atoms with Gasteiger partial charge in [-0.05, 0) is 54.7 Å². The Morgan fingerprint density at radius 3 is 2.56 bits per heavy atom. The number of hydrogen-bond acceptors (Lipinski definition) is 8. The smallest absolute Gasteiger partial charge is 0.233 e. The summed E-state index contributed by atoms with van der Waals surface area (Å²) in [5, 5.41) is 33.7. The van der Waals surface area contributed by atoms with Crippen molar-refractivity contribution >= 4 is 6.21 Å². The number of nitrogens with zero attached hydrogens (tertiary/aromatic N) is 5. The van der Waals surface area contributed by atoms with Gasteiger partial charge in [-0.3, -0.25) is 0 Å². The molecular weight excluding hydrogens is 344 g/mol. The van der Waals surface area contributed by atoms with Gasteiger partial charge in [-0.15, -0.1) is 15.3 Å². The van der Waals surface area contributed by atoms with Crippen LogP contribution in [-0.4, -0.2) is 39.7 Å². The molecule has 27 heavy (non-hydrogen) atoms. The molecule has 2 N–H and O–H groups in total. The highest BCUT2D eigenvalue weighted by Crippen LogP contribution is 2.33. The summed E-state index contributed by atoms with van der Waals surface area (Å²) in [5.41, 5.74) is 2.04. The third-order valence-corrected chi connectivity index (χ3v) is 5.43. The molecule has 2 fully saturated rings. The maximum Gasteiger partial charge on any atom is 0.233 e. The van der Waals surface area contributed by atoms with Gasteiger partial charge in [0.1, 0.15) is 17.9 Å². The molecular formula is C19H20N6O2. The molecule has 1 aromatic heterocycles. The predicted molar refractivity (Wildman–Crippen MR) is 98.8 cm³/mol. The normalized spacial score (nSPS) is 28.6. The van der Waals surface area contributed by atoms with Crippen LogP contribution < -0.4 is 10.1 Å². The van der Waals surface area contributed by atoms with Crippen LogP contribution in [0, 0.1) is 0 Å². The van der Waals surface area contributed by atoms with Crippen LogP contribution in [0.5, 0.6) is 11.6 Å². The molecule has 4 atom stereocenters. The van der Waals surface area contributed by atoms with Gasteiger partial charge in [-0.2, -0.15) is 5.11 Å². The van der Waals surface area contributed by atoms with Gasteiger partial charge in [0.15, 0.2) is 0 Å². The van der Waals surface area contributed by atoms with Crippen molar-refractivity contribution in [2.24, 2.45) is 15.4 Å². The minimum atomic E-state index is -0.243. The first kappa shape index (κ1) is 16.3. The van der Waals surface area contributed by atoms with Crippen LogP contribution in [0.4, 0.5) is 0 Å². The molecule has 5 rings (SSSR count). The lowest BCUT2D eigenvalue weighted by molar-refractivity contribution is 0.130. The average Bonchev–Trinajstić information content (AvgIpc) is 3.32. The number of phenols is 1. The zero-order chi connectivity index (χ0) is 18.2. The lowest BCUT2D eigenvalue weighted by Gasteiger charge is -2.28. The molecule has 8 nitrogen and oxygen atoms in total. The number of phenolic OH excluding ortho intramolecular Hbond substituents is 1. The van der Waals surface area contributed by atoms with Crippen LogP contribution in [0.15, 0.2) is 45.8 Å². The van der Waals surface area contributed by atoms with Crippen molar-refractivity contribution in [3.05, 3.63) is 35.9 Å². The summed E-state index contributed by atoms with van der Waals surface area (Å²) < 4.78 is 6.03. The first-order chi connectivity index (χ1) is 13.2. The first-order valence-corrected chi connectivity index (χ1v) is 9.27. The molecule has 2 unspecified atom stereocenters. The van der Waals surface area contributed by atoms with E-state index in [0.717, 1.165) is 18.4 Å². The number of nitrogens with one attached hydrogen (secondary N) is 1. The number of hydrogen-bond donors (Lipinski definition) is 2. The standard InChI is InChI=1S/C19H20N6O2/c26-18-7-11(17-10-20-25-23-17)1-4-15(18)16-5-6-19(24-22-16)27-14-8-12-2-3-13(9-14)21-12/h1,4-7,10,12-14,17,21,26H,2-3,8-9H2/t12-,13+,14?,17?. The van der Waals surface area contributed by atoms with Gasteiger partial charge in [0, 0.05) is 23.7 Å². The number of aromatic hydroxyl groups is 1. The van der Waals surface area contributed by atoms with Gasteiger partial charge in [-0.25, -0.2) is 0 Å². The highest BCUT2D eigenvalue weighted by Gasteiger charge is 2.34. The lowest BCUT2D eigenvalue weighted by Crippen LogP contribution is -2.42. The summed E-state index contributed by atoms with van der Waals surface area (Å²) >= 11 is 0. The van der Waals surface area contributed by atoms with Gasteiger partial charge >= 0.3 is 0 Å². The second kappa shape index (κ2) is 6.70. The van der Waals surface area contributed by atoms with Crippen molar-refractivity contribution in [2.75, 3.05) is 0 Å². The molecule has 0 amide bonds. The Balaban J connectivity index is 1.30. The maximum atomic E-state index is 10.4. The Hall–Kier alpha value is -2.87. The monoisotopic (exact) mass is 364 g/mol. The Bertz CT molecular complexity index is 874. The molecule has 2 aromatic rings. The first-order valence-electron chi connectivity index (χ1n) is 9.27. The zero-order valence-electron chi connectivity index (χ0n) is 14.7. The second-order valence-electron chi connectivity index (χ2n) is 7.30. The van der Waals surface area contributed by atoms with Gasteiger partial charge in [0.2, 0.25) is 5.88 Å². The number of aromatic nitrogens is 2. The summed E-state index contributed by atoms with van der Waals surface area (Å²) in [6.07, 6.45) is 6.33. The third-order valence-electron chi connectivity index (χ3n) is 5.43. The minimum absolute atomic E-state index is 0.126.